The number of aromatic nitrogens is 2. The highest BCUT2D eigenvalue weighted by molar-refractivity contribution is 7.80. The van der Waals surface area contributed by atoms with Gasteiger partial charge in [-0.15, -0.1) is 5.10 Å². The van der Waals surface area contributed by atoms with E-state index in [1.807, 2.05) is 0 Å². The van der Waals surface area contributed by atoms with Gasteiger partial charge >= 0.3 is 6.18 Å². The van der Waals surface area contributed by atoms with Crippen molar-refractivity contribution in [3.8, 4) is 0 Å². The molecule has 1 amide bonds. The standard InChI is InChI=1S/C19H15F4N5OS2/c20-12-2-1-11(15(9-12)19(21,22)23)7-8-24-18(30)26-14-5-3-13(4-6-14)25-17(29)16-10-31-28-27-16/h1-6,9-10H,7-8H2,(H,25,29)(H2,24,26,30). The van der Waals surface area contributed by atoms with Crippen molar-refractivity contribution < 1.29 is 22.4 Å². The van der Waals surface area contributed by atoms with Gasteiger partial charge in [0.15, 0.2) is 10.8 Å². The molecule has 0 aliphatic rings. The monoisotopic (exact) mass is 469 g/mol. The summed E-state index contributed by atoms with van der Waals surface area (Å²) < 4.78 is 55.9. The highest BCUT2D eigenvalue weighted by atomic mass is 32.1. The third-order valence-electron chi connectivity index (χ3n) is 4.05. The van der Waals surface area contributed by atoms with E-state index in [0.29, 0.717) is 17.4 Å². The average Bonchev–Trinajstić information content (AvgIpc) is 3.25. The van der Waals surface area contributed by atoms with Crippen LogP contribution in [0.1, 0.15) is 21.6 Å². The Hall–Kier alpha value is -3.12. The van der Waals surface area contributed by atoms with Crippen molar-refractivity contribution in [1.29, 1.82) is 0 Å². The van der Waals surface area contributed by atoms with Crippen LogP contribution in [0.2, 0.25) is 0 Å². The smallest absolute Gasteiger partial charge is 0.362 e. The van der Waals surface area contributed by atoms with Gasteiger partial charge in [-0.2, -0.15) is 13.2 Å². The Bertz CT molecular complexity index is 1060. The number of carbonyl (C=O) groups excluding carboxylic acids is 1. The molecule has 3 rings (SSSR count). The molecule has 0 spiro atoms. The minimum Gasteiger partial charge on any atom is -0.362 e. The first-order chi connectivity index (χ1) is 14.7. The van der Waals surface area contributed by atoms with Crippen LogP contribution in [0.3, 0.4) is 0 Å². The van der Waals surface area contributed by atoms with Crippen LogP contribution in [0.15, 0.2) is 47.8 Å². The summed E-state index contributed by atoms with van der Waals surface area (Å²) in [6, 6.07) is 9.23. The zero-order chi connectivity index (χ0) is 22.4. The summed E-state index contributed by atoms with van der Waals surface area (Å²) in [5.74, 6) is -1.32. The van der Waals surface area contributed by atoms with Crippen molar-refractivity contribution in [3.63, 3.8) is 0 Å². The first kappa shape index (κ1) is 22.6. The lowest BCUT2D eigenvalue weighted by Crippen LogP contribution is -2.30. The minimum absolute atomic E-state index is 0.00733. The summed E-state index contributed by atoms with van der Waals surface area (Å²) in [6.07, 6.45) is -4.63. The van der Waals surface area contributed by atoms with Gasteiger partial charge in [-0.1, -0.05) is 10.6 Å². The number of anilines is 2. The zero-order valence-electron chi connectivity index (χ0n) is 15.7. The molecule has 3 aromatic rings. The molecule has 6 nitrogen and oxygen atoms in total. The second-order valence-electron chi connectivity index (χ2n) is 6.25. The number of nitrogens with zero attached hydrogens (tertiary/aromatic N) is 2. The zero-order valence-corrected chi connectivity index (χ0v) is 17.3. The fourth-order valence-electron chi connectivity index (χ4n) is 2.61. The van der Waals surface area contributed by atoms with Crippen LogP contribution in [-0.2, 0) is 12.6 Å². The van der Waals surface area contributed by atoms with Gasteiger partial charge in [0.05, 0.1) is 5.56 Å². The summed E-state index contributed by atoms with van der Waals surface area (Å²) in [5.41, 5.74) is 0.341. The molecule has 1 aromatic heterocycles. The molecule has 0 aliphatic heterocycles. The number of hydrogen-bond donors (Lipinski definition) is 3. The highest BCUT2D eigenvalue weighted by Crippen LogP contribution is 2.32. The SMILES string of the molecule is O=C(Nc1ccc(NC(=S)NCCc2ccc(F)cc2C(F)(F)F)cc1)c1csnn1. The molecule has 1 heterocycles. The number of alkyl halides is 3. The Morgan fingerprint density at radius 2 is 1.74 bits per heavy atom. The van der Waals surface area contributed by atoms with Crippen molar-refractivity contribution >= 4 is 46.1 Å². The first-order valence-electron chi connectivity index (χ1n) is 8.81. The number of nitrogens with one attached hydrogen (secondary N) is 3. The predicted molar refractivity (Wildman–Crippen MR) is 114 cm³/mol. The van der Waals surface area contributed by atoms with Crippen LogP contribution in [0.4, 0.5) is 28.9 Å². The Morgan fingerprint density at radius 3 is 2.35 bits per heavy atom. The van der Waals surface area contributed by atoms with Crippen molar-refractivity contribution in [3.05, 3.63) is 70.5 Å². The number of hydrogen-bond acceptors (Lipinski definition) is 5. The minimum atomic E-state index is -4.64. The molecule has 0 radical (unpaired) electrons. The molecular formula is C19H15F4N5OS2. The Labute approximate surface area is 183 Å². The van der Waals surface area contributed by atoms with Gasteiger partial charge in [0, 0.05) is 23.3 Å². The van der Waals surface area contributed by atoms with Crippen molar-refractivity contribution in [1.82, 2.24) is 14.9 Å². The maximum Gasteiger partial charge on any atom is 0.416 e. The van der Waals surface area contributed by atoms with E-state index < -0.39 is 17.6 Å². The largest absolute Gasteiger partial charge is 0.416 e. The Morgan fingerprint density at radius 1 is 1.06 bits per heavy atom. The van der Waals surface area contributed by atoms with E-state index in [2.05, 4.69) is 25.5 Å². The number of halogens is 4. The predicted octanol–water partition coefficient (Wildman–Crippen LogP) is 4.48. The maximum absolute atomic E-state index is 13.2. The van der Waals surface area contributed by atoms with Gasteiger partial charge in [-0.25, -0.2) is 4.39 Å². The molecule has 0 fully saturated rings. The number of amides is 1. The van der Waals surface area contributed by atoms with E-state index >= 15 is 0 Å². The summed E-state index contributed by atoms with van der Waals surface area (Å²) in [6.45, 7) is 0.121. The van der Waals surface area contributed by atoms with Crippen LogP contribution in [0.25, 0.3) is 0 Å². The van der Waals surface area contributed by atoms with E-state index in [4.69, 9.17) is 12.2 Å². The topological polar surface area (TPSA) is 78.9 Å². The number of benzene rings is 2. The molecule has 31 heavy (non-hydrogen) atoms. The second-order valence-corrected chi connectivity index (χ2v) is 7.27. The van der Waals surface area contributed by atoms with Crippen LogP contribution in [0.5, 0.6) is 0 Å². The maximum atomic E-state index is 13.2. The summed E-state index contributed by atoms with van der Waals surface area (Å²) in [5, 5.41) is 13.8. The molecular weight excluding hydrogens is 454 g/mol. The van der Waals surface area contributed by atoms with Crippen molar-refractivity contribution in [2.24, 2.45) is 0 Å². The van der Waals surface area contributed by atoms with E-state index in [1.165, 1.54) is 5.38 Å². The lowest BCUT2D eigenvalue weighted by molar-refractivity contribution is -0.138. The highest BCUT2D eigenvalue weighted by Gasteiger charge is 2.33. The third-order valence-corrected chi connectivity index (χ3v) is 4.80. The van der Waals surface area contributed by atoms with E-state index in [9.17, 15) is 22.4 Å². The van der Waals surface area contributed by atoms with E-state index in [0.717, 1.165) is 23.7 Å². The summed E-state index contributed by atoms with van der Waals surface area (Å²) >= 11 is 6.22. The average molecular weight is 469 g/mol. The van der Waals surface area contributed by atoms with Crippen molar-refractivity contribution in [2.75, 3.05) is 17.2 Å². The van der Waals surface area contributed by atoms with Gasteiger partial charge in [-0.3, -0.25) is 4.79 Å². The normalized spacial score (nSPS) is 11.1. The van der Waals surface area contributed by atoms with E-state index in [-0.39, 0.29) is 35.2 Å². The molecule has 12 heteroatoms. The van der Waals surface area contributed by atoms with E-state index in [1.54, 1.807) is 24.3 Å². The van der Waals surface area contributed by atoms with Gasteiger partial charge in [0.25, 0.3) is 5.91 Å². The van der Waals surface area contributed by atoms with Gasteiger partial charge in [-0.05, 0) is 72.1 Å². The van der Waals surface area contributed by atoms with Crippen LogP contribution >= 0.6 is 23.8 Å². The molecule has 3 N–H and O–H groups in total. The van der Waals surface area contributed by atoms with Crippen molar-refractivity contribution in [2.45, 2.75) is 12.6 Å². The van der Waals surface area contributed by atoms with Gasteiger partial charge < -0.3 is 16.0 Å². The second kappa shape index (κ2) is 9.79. The number of rotatable bonds is 6. The fraction of sp³-hybridized carbons (Fsp3) is 0.158. The number of carbonyl (C=O) groups is 1. The Kier molecular flexibility index (Phi) is 7.13. The van der Waals surface area contributed by atoms with Crippen LogP contribution in [-0.4, -0.2) is 27.2 Å². The molecule has 0 aliphatic carbocycles. The molecule has 0 saturated carbocycles. The quantitative estimate of drug-likeness (QED) is 0.365. The molecule has 0 bridgehead atoms. The van der Waals surface area contributed by atoms with Crippen LogP contribution in [0, 0.1) is 5.82 Å². The molecule has 0 saturated heterocycles. The molecule has 0 unspecified atom stereocenters. The summed E-state index contributed by atoms with van der Waals surface area (Å²) in [4.78, 5) is 11.9. The number of thiocarbonyl (C=S) groups is 1. The molecule has 2 aromatic carbocycles. The van der Waals surface area contributed by atoms with Gasteiger partial charge in [0.1, 0.15) is 5.82 Å². The third kappa shape index (κ3) is 6.43. The molecule has 162 valence electrons. The molecule has 0 atom stereocenters. The summed E-state index contributed by atoms with van der Waals surface area (Å²) in [7, 11) is 0. The Balaban J connectivity index is 1.50. The lowest BCUT2D eigenvalue weighted by Gasteiger charge is -2.14. The first-order valence-corrected chi connectivity index (χ1v) is 10.1. The lowest BCUT2D eigenvalue weighted by atomic mass is 10.0. The van der Waals surface area contributed by atoms with Crippen LogP contribution < -0.4 is 16.0 Å². The fourth-order valence-corrected chi connectivity index (χ4v) is 3.27. The van der Waals surface area contributed by atoms with Gasteiger partial charge in [0.2, 0.25) is 0 Å².